The molecule has 0 aromatic carbocycles. The van der Waals surface area contributed by atoms with Crippen LogP contribution in [0.5, 0.6) is 0 Å². The van der Waals surface area contributed by atoms with Gasteiger partial charge < -0.3 is 9.09 Å². The Bertz CT molecular complexity index is 988. The largest absolute Gasteiger partial charge is 0.361 e. The van der Waals surface area contributed by atoms with Gasteiger partial charge in [0.25, 0.3) is 0 Å². The molecule has 3 heterocycles. The summed E-state index contributed by atoms with van der Waals surface area (Å²) >= 11 is 2.14. The Balaban J connectivity index is 1.85. The lowest BCUT2D eigenvalue weighted by Crippen LogP contribution is -2.52. The summed E-state index contributed by atoms with van der Waals surface area (Å²) in [5, 5.41) is 2.56. The van der Waals surface area contributed by atoms with Gasteiger partial charge >= 0.3 is 0 Å². The third-order valence-corrected chi connectivity index (χ3v) is 5.87. The summed E-state index contributed by atoms with van der Waals surface area (Å²) in [7, 11) is 12.6. The van der Waals surface area contributed by atoms with E-state index in [1.165, 1.54) is 0 Å². The summed E-state index contributed by atoms with van der Waals surface area (Å²) < 4.78 is 34.4. The molecule has 0 unspecified atom stereocenters. The molecule has 0 spiro atoms. The van der Waals surface area contributed by atoms with Crippen LogP contribution in [-0.2, 0) is 5.34 Å². The third kappa shape index (κ3) is 2.70. The van der Waals surface area contributed by atoms with Crippen molar-refractivity contribution < 1.29 is 13.3 Å². The topological polar surface area (TPSA) is 43.9 Å². The molecule has 1 aliphatic rings. The monoisotopic (exact) mass is 463 g/mol. The SMILES string of the molecule is [B]C([B])(C1CC(F)(F)C1)n1cc(I)c2ncc(-c3c(C)noc3C)cc21. The number of aryl methyl sites for hydroxylation is 2. The van der Waals surface area contributed by atoms with Gasteiger partial charge in [0.2, 0.25) is 5.92 Å². The minimum Gasteiger partial charge on any atom is -0.361 e. The van der Waals surface area contributed by atoms with Gasteiger partial charge in [-0.1, -0.05) is 5.16 Å². The lowest BCUT2D eigenvalue weighted by atomic mass is 9.49. The number of alkyl halides is 2. The second-order valence-corrected chi connectivity index (χ2v) is 8.15. The molecule has 0 amide bonds. The van der Waals surface area contributed by atoms with Crippen molar-refractivity contribution in [3.63, 3.8) is 0 Å². The molecule has 0 aliphatic heterocycles. The van der Waals surface area contributed by atoms with Crippen LogP contribution in [0.4, 0.5) is 8.78 Å². The highest BCUT2D eigenvalue weighted by atomic mass is 127. The number of nitrogens with zero attached hydrogens (tertiary/aromatic N) is 3. The molecule has 1 saturated carbocycles. The Hall–Kier alpha value is -1.38. The van der Waals surface area contributed by atoms with Gasteiger partial charge in [-0.05, 0) is 53.8 Å². The second-order valence-electron chi connectivity index (χ2n) is 6.99. The Morgan fingerprint density at radius 2 is 2.04 bits per heavy atom. The highest BCUT2D eigenvalue weighted by molar-refractivity contribution is 14.1. The Labute approximate surface area is 165 Å². The Morgan fingerprint density at radius 1 is 1.35 bits per heavy atom. The average molecular weight is 463 g/mol. The van der Waals surface area contributed by atoms with Crippen molar-refractivity contribution in [2.75, 3.05) is 0 Å². The molecule has 0 saturated heterocycles. The molecular weight excluding hydrogens is 449 g/mol. The number of halogens is 3. The number of hydrogen-bond acceptors (Lipinski definition) is 3. The maximum absolute atomic E-state index is 13.3. The molecule has 1 aliphatic carbocycles. The highest BCUT2D eigenvalue weighted by Gasteiger charge is 2.51. The van der Waals surface area contributed by atoms with Crippen LogP contribution in [0.1, 0.15) is 24.3 Å². The van der Waals surface area contributed by atoms with E-state index in [0.717, 1.165) is 25.9 Å². The van der Waals surface area contributed by atoms with Gasteiger partial charge in [0.15, 0.2) is 0 Å². The Kier molecular flexibility index (Phi) is 4.02. The van der Waals surface area contributed by atoms with Crippen LogP contribution in [-0.4, -0.2) is 36.3 Å². The molecule has 3 aromatic heterocycles. The maximum Gasteiger partial charge on any atom is 0.248 e. The lowest BCUT2D eigenvalue weighted by molar-refractivity contribution is -0.120. The lowest BCUT2D eigenvalue weighted by Gasteiger charge is -2.47. The summed E-state index contributed by atoms with van der Waals surface area (Å²) in [5.74, 6) is -2.52. The average Bonchev–Trinajstić information content (AvgIpc) is 3.05. The van der Waals surface area contributed by atoms with E-state index in [9.17, 15) is 8.78 Å². The van der Waals surface area contributed by atoms with Crippen molar-refractivity contribution in [3.8, 4) is 11.1 Å². The third-order valence-electron chi connectivity index (χ3n) is 5.08. The molecule has 4 radical (unpaired) electrons. The van der Waals surface area contributed by atoms with Crippen LogP contribution in [0.15, 0.2) is 23.0 Å². The van der Waals surface area contributed by atoms with E-state index in [4.69, 9.17) is 20.2 Å². The summed E-state index contributed by atoms with van der Waals surface area (Å²) in [6.07, 6.45) is 2.89. The van der Waals surface area contributed by atoms with Crippen molar-refractivity contribution in [3.05, 3.63) is 33.5 Å². The Morgan fingerprint density at radius 3 is 2.62 bits per heavy atom. The number of aromatic nitrogens is 3. The first-order valence-corrected chi connectivity index (χ1v) is 9.24. The first-order chi connectivity index (χ1) is 12.1. The maximum atomic E-state index is 13.3. The zero-order chi connectivity index (χ0) is 18.9. The first kappa shape index (κ1) is 18.0. The van der Waals surface area contributed by atoms with E-state index in [-0.39, 0.29) is 12.8 Å². The molecule has 26 heavy (non-hydrogen) atoms. The van der Waals surface area contributed by atoms with Crippen molar-refractivity contribution in [2.45, 2.75) is 37.9 Å². The molecule has 4 nitrogen and oxygen atoms in total. The van der Waals surface area contributed by atoms with E-state index < -0.39 is 17.2 Å². The molecule has 0 N–H and O–H groups in total. The molecule has 130 valence electrons. The van der Waals surface area contributed by atoms with Crippen LogP contribution in [0, 0.1) is 23.3 Å². The molecular formula is C17H14B2F2IN3O. The van der Waals surface area contributed by atoms with E-state index >= 15 is 0 Å². The zero-order valence-electron chi connectivity index (χ0n) is 14.3. The summed E-state index contributed by atoms with van der Waals surface area (Å²) in [4.78, 5) is 4.53. The highest BCUT2D eigenvalue weighted by Crippen LogP contribution is 2.49. The smallest absolute Gasteiger partial charge is 0.248 e. The second kappa shape index (κ2) is 5.81. The molecule has 0 bridgehead atoms. The number of pyridine rings is 1. The molecule has 9 heteroatoms. The summed E-state index contributed by atoms with van der Waals surface area (Å²) in [6, 6.07) is 1.91. The van der Waals surface area contributed by atoms with Crippen molar-refractivity contribution in [1.82, 2.24) is 14.7 Å². The van der Waals surface area contributed by atoms with Gasteiger partial charge in [0.05, 0.1) is 30.5 Å². The fraction of sp³-hybridized carbons (Fsp3) is 0.412. The zero-order valence-corrected chi connectivity index (χ0v) is 16.4. The van der Waals surface area contributed by atoms with Gasteiger partial charge in [0, 0.05) is 36.4 Å². The fourth-order valence-corrected chi connectivity index (χ4v) is 4.30. The van der Waals surface area contributed by atoms with E-state index in [1.807, 2.05) is 19.9 Å². The van der Waals surface area contributed by atoms with Gasteiger partial charge in [-0.15, -0.1) is 0 Å². The number of fused-ring (bicyclic) bond motifs is 1. The van der Waals surface area contributed by atoms with E-state index in [1.54, 1.807) is 17.0 Å². The normalized spacial score (nSPS) is 17.6. The van der Waals surface area contributed by atoms with Gasteiger partial charge in [0.1, 0.15) is 11.3 Å². The van der Waals surface area contributed by atoms with Gasteiger partial charge in [-0.25, -0.2) is 8.78 Å². The number of rotatable bonds is 3. The molecule has 3 aromatic rings. The van der Waals surface area contributed by atoms with Crippen molar-refractivity contribution in [2.24, 2.45) is 5.92 Å². The van der Waals surface area contributed by atoms with Crippen LogP contribution < -0.4 is 0 Å². The minimum absolute atomic E-state index is 0.312. The predicted molar refractivity (Wildman–Crippen MR) is 105 cm³/mol. The summed E-state index contributed by atoms with van der Waals surface area (Å²) in [6.45, 7) is 3.68. The van der Waals surface area contributed by atoms with E-state index in [0.29, 0.717) is 11.3 Å². The van der Waals surface area contributed by atoms with Gasteiger partial charge in [-0.3, -0.25) is 4.98 Å². The molecule has 0 atom stereocenters. The quantitative estimate of drug-likeness (QED) is 0.438. The molecule has 1 fully saturated rings. The fourth-order valence-electron chi connectivity index (χ4n) is 3.60. The summed E-state index contributed by atoms with van der Waals surface area (Å²) in [5.41, 5.74) is 3.86. The number of hydrogen-bond donors (Lipinski definition) is 0. The first-order valence-electron chi connectivity index (χ1n) is 8.16. The van der Waals surface area contributed by atoms with Crippen LogP contribution >= 0.6 is 22.6 Å². The molecule has 4 rings (SSSR count). The standard InChI is InChI=1S/C17H14B2F2IN3O/c1-8-14(9(2)26-24-8)10-3-13-15(23-6-10)12(22)7-25(13)17(18,19)11-4-16(20,21)5-11/h3,6-7,11H,4-5H2,1-2H3. The predicted octanol–water partition coefficient (Wildman–Crippen LogP) is 3.91. The van der Waals surface area contributed by atoms with Crippen molar-refractivity contribution in [1.29, 1.82) is 0 Å². The van der Waals surface area contributed by atoms with E-state index in [2.05, 4.69) is 32.7 Å². The van der Waals surface area contributed by atoms with Gasteiger partial charge in [-0.2, -0.15) is 0 Å². The van der Waals surface area contributed by atoms with Crippen LogP contribution in [0.2, 0.25) is 0 Å². The van der Waals surface area contributed by atoms with Crippen LogP contribution in [0.25, 0.3) is 22.2 Å². The van der Waals surface area contributed by atoms with Crippen molar-refractivity contribution >= 4 is 49.3 Å². The van der Waals surface area contributed by atoms with Crippen LogP contribution in [0.3, 0.4) is 0 Å². The minimum atomic E-state index is -2.69.